The van der Waals surface area contributed by atoms with E-state index >= 15 is 0 Å². The van der Waals surface area contributed by atoms with Gasteiger partial charge in [0, 0.05) is 12.1 Å². The molecule has 0 radical (unpaired) electrons. The van der Waals surface area contributed by atoms with Crippen LogP contribution in [-0.4, -0.2) is 28.7 Å². The van der Waals surface area contributed by atoms with Crippen molar-refractivity contribution in [2.45, 2.75) is 29.1 Å². The zero-order chi connectivity index (χ0) is 33.2. The fourth-order valence-corrected chi connectivity index (χ4v) is 8.81. The third-order valence-electron chi connectivity index (χ3n) is 9.88. The zero-order valence-electron chi connectivity index (χ0n) is 25.9. The molecule has 238 valence electrons. The number of amides is 3. The Bertz CT molecular complexity index is 1960. The average Bonchev–Trinajstić information content (AvgIpc) is 3.38. The normalized spacial score (nSPS) is 24.0. The molecular formula is C40H30Cl2N2O4. The number of halogens is 2. The van der Waals surface area contributed by atoms with Crippen molar-refractivity contribution in [1.82, 2.24) is 4.90 Å². The van der Waals surface area contributed by atoms with Gasteiger partial charge in [-0.1, -0.05) is 96.6 Å². The Morgan fingerprint density at radius 2 is 1.12 bits per heavy atom. The van der Waals surface area contributed by atoms with Crippen LogP contribution in [-0.2, 0) is 30.6 Å². The molecule has 5 aromatic rings. The van der Waals surface area contributed by atoms with Gasteiger partial charge in [0.05, 0.1) is 11.8 Å². The van der Waals surface area contributed by atoms with Crippen molar-refractivity contribution in [2.75, 3.05) is 5.32 Å². The summed E-state index contributed by atoms with van der Waals surface area (Å²) in [7, 11) is 0. The molecule has 6 nitrogen and oxygen atoms in total. The van der Waals surface area contributed by atoms with Crippen molar-refractivity contribution in [3.8, 4) is 11.5 Å². The van der Waals surface area contributed by atoms with Crippen LogP contribution in [0.15, 0.2) is 127 Å². The van der Waals surface area contributed by atoms with Gasteiger partial charge >= 0.3 is 0 Å². The Hall–Kier alpha value is -4.91. The summed E-state index contributed by atoms with van der Waals surface area (Å²) in [5.74, 6) is -2.22. The fourth-order valence-electron chi connectivity index (χ4n) is 7.71. The minimum Gasteiger partial charge on any atom is -0.457 e. The lowest BCUT2D eigenvalue weighted by Gasteiger charge is -2.54. The highest BCUT2D eigenvalue weighted by molar-refractivity contribution is 6.36. The molecule has 3 aliphatic carbocycles. The Kier molecular flexibility index (Phi) is 7.20. The fraction of sp³-hybridized carbons (Fsp3) is 0.175. The number of carbonyl (C=O) groups is 3. The van der Waals surface area contributed by atoms with Gasteiger partial charge in [0.2, 0.25) is 17.7 Å². The third kappa shape index (κ3) is 4.50. The highest BCUT2D eigenvalue weighted by atomic mass is 35.5. The number of hydrogen-bond acceptors (Lipinski definition) is 4. The van der Waals surface area contributed by atoms with E-state index < -0.39 is 45.3 Å². The Labute approximate surface area is 288 Å². The van der Waals surface area contributed by atoms with Crippen molar-refractivity contribution in [2.24, 2.45) is 11.8 Å². The molecule has 0 saturated carbocycles. The molecule has 1 N–H and O–H groups in total. The van der Waals surface area contributed by atoms with Gasteiger partial charge in [-0.25, -0.2) is 0 Å². The monoisotopic (exact) mass is 672 g/mol. The van der Waals surface area contributed by atoms with Crippen LogP contribution in [0.25, 0.3) is 0 Å². The minimum absolute atomic E-state index is 0.114. The van der Waals surface area contributed by atoms with Crippen LogP contribution in [0.1, 0.15) is 33.4 Å². The molecule has 8 heteroatoms. The number of likely N-dealkylation sites (tertiary alicyclic amines) is 1. The van der Waals surface area contributed by atoms with Crippen molar-refractivity contribution < 1.29 is 19.1 Å². The lowest BCUT2D eigenvalue weighted by Crippen LogP contribution is -2.57. The molecular weight excluding hydrogens is 643 g/mol. The maximum absolute atomic E-state index is 14.7. The van der Waals surface area contributed by atoms with Crippen LogP contribution >= 0.6 is 23.2 Å². The molecule has 0 aromatic heterocycles. The Morgan fingerprint density at radius 3 is 1.60 bits per heavy atom. The molecule has 1 heterocycles. The standard InChI is InChI=1S/C40H30Cl2N2O4/c1-24-15-19-27(20-16-24)48-28-21-17-26(18-22-28)43-36(45)33(23-25-9-3-2-4-10-25)44-37(46)34-35(38(44)47)40(42)30-12-6-5-11-29(30)39(34,41)31-13-7-8-14-32(31)40/h2-22,33-35H,23H2,1H3,(H,43,45)/t33-,34-,35+,39?,40?/m1/s1. The van der Waals surface area contributed by atoms with Crippen molar-refractivity contribution in [3.63, 3.8) is 0 Å². The Morgan fingerprint density at radius 1 is 0.688 bits per heavy atom. The van der Waals surface area contributed by atoms with E-state index in [1.165, 1.54) is 0 Å². The van der Waals surface area contributed by atoms with E-state index in [1.807, 2.05) is 110 Å². The first-order chi connectivity index (χ1) is 23.2. The maximum Gasteiger partial charge on any atom is 0.248 e. The summed E-state index contributed by atoms with van der Waals surface area (Å²) in [6.07, 6.45) is 0.114. The number of anilines is 1. The second kappa shape index (κ2) is 11.4. The molecule has 5 aromatic carbocycles. The second-order valence-corrected chi connectivity index (χ2v) is 13.8. The van der Waals surface area contributed by atoms with E-state index in [4.69, 9.17) is 27.9 Å². The van der Waals surface area contributed by atoms with Gasteiger partial charge < -0.3 is 10.1 Å². The summed E-state index contributed by atoms with van der Waals surface area (Å²) < 4.78 is 5.95. The third-order valence-corrected chi connectivity index (χ3v) is 11.2. The molecule has 1 fully saturated rings. The lowest BCUT2D eigenvalue weighted by molar-refractivity contribution is -0.146. The van der Waals surface area contributed by atoms with E-state index in [2.05, 4.69) is 5.32 Å². The molecule has 48 heavy (non-hydrogen) atoms. The Balaban J connectivity index is 1.15. The van der Waals surface area contributed by atoms with E-state index in [-0.39, 0.29) is 6.42 Å². The van der Waals surface area contributed by atoms with Gasteiger partial charge in [0.25, 0.3) is 0 Å². The van der Waals surface area contributed by atoms with Crippen LogP contribution in [0, 0.1) is 18.8 Å². The van der Waals surface area contributed by atoms with Gasteiger partial charge in [-0.05, 0) is 71.1 Å². The largest absolute Gasteiger partial charge is 0.457 e. The van der Waals surface area contributed by atoms with Crippen LogP contribution in [0.3, 0.4) is 0 Å². The smallest absolute Gasteiger partial charge is 0.248 e. The predicted octanol–water partition coefficient (Wildman–Crippen LogP) is 7.93. The van der Waals surface area contributed by atoms with Crippen molar-refractivity contribution in [3.05, 3.63) is 161 Å². The number of aryl methyl sites for hydroxylation is 1. The number of ether oxygens (including phenoxy) is 1. The summed E-state index contributed by atoms with van der Waals surface area (Å²) in [4.78, 5) is 42.1. The lowest BCUT2D eigenvalue weighted by atomic mass is 9.54. The topological polar surface area (TPSA) is 75.7 Å². The van der Waals surface area contributed by atoms with Crippen LogP contribution in [0.4, 0.5) is 5.69 Å². The van der Waals surface area contributed by atoms with Crippen LogP contribution in [0.2, 0.25) is 0 Å². The summed E-state index contributed by atoms with van der Waals surface area (Å²) >= 11 is 15.3. The number of nitrogens with zero attached hydrogens (tertiary/aromatic N) is 1. The number of imide groups is 1. The number of rotatable bonds is 7. The number of hydrogen-bond donors (Lipinski definition) is 1. The molecule has 0 unspecified atom stereocenters. The van der Waals surface area contributed by atoms with E-state index in [0.717, 1.165) is 16.0 Å². The summed E-state index contributed by atoms with van der Waals surface area (Å²) in [6.45, 7) is 2.01. The summed E-state index contributed by atoms with van der Waals surface area (Å²) in [6, 6.07) is 37.8. The van der Waals surface area contributed by atoms with Gasteiger partial charge in [-0.15, -0.1) is 23.2 Å². The van der Waals surface area contributed by atoms with E-state index in [1.54, 1.807) is 24.3 Å². The highest BCUT2D eigenvalue weighted by Gasteiger charge is 2.73. The van der Waals surface area contributed by atoms with Gasteiger partial charge in [0.15, 0.2) is 0 Å². The number of nitrogens with one attached hydrogen (secondary N) is 1. The minimum atomic E-state index is -1.34. The zero-order valence-corrected chi connectivity index (χ0v) is 27.4. The molecule has 1 saturated heterocycles. The highest BCUT2D eigenvalue weighted by Crippen LogP contribution is 2.69. The molecule has 4 aliphatic rings. The molecule has 3 amide bonds. The second-order valence-electron chi connectivity index (χ2n) is 12.7. The molecule has 3 atom stereocenters. The molecule has 2 bridgehead atoms. The SMILES string of the molecule is Cc1ccc(Oc2ccc(NC(=O)[C@@H](Cc3ccccc3)N3C(=O)[C@@H]4[C@H](C3=O)C3(Cl)c5ccccc5C4(Cl)c4ccccc43)cc2)cc1. The molecule has 9 rings (SSSR count). The molecule has 0 spiro atoms. The number of benzene rings is 5. The van der Waals surface area contributed by atoms with Gasteiger partial charge in [-0.2, -0.15) is 0 Å². The summed E-state index contributed by atoms with van der Waals surface area (Å²) in [5.41, 5.74) is 5.26. The molecule has 1 aliphatic heterocycles. The van der Waals surface area contributed by atoms with Crippen molar-refractivity contribution in [1.29, 1.82) is 0 Å². The van der Waals surface area contributed by atoms with E-state index in [0.29, 0.717) is 39.4 Å². The first-order valence-electron chi connectivity index (χ1n) is 15.9. The first-order valence-corrected chi connectivity index (χ1v) is 16.6. The number of alkyl halides is 2. The first kappa shape index (κ1) is 30.4. The summed E-state index contributed by atoms with van der Waals surface area (Å²) in [5, 5.41) is 2.94. The average molecular weight is 674 g/mol. The quantitative estimate of drug-likeness (QED) is 0.141. The number of carbonyl (C=O) groups excluding carboxylic acids is 3. The van der Waals surface area contributed by atoms with Gasteiger partial charge in [0.1, 0.15) is 27.3 Å². The van der Waals surface area contributed by atoms with Crippen LogP contribution in [0.5, 0.6) is 11.5 Å². The van der Waals surface area contributed by atoms with E-state index in [9.17, 15) is 14.4 Å². The maximum atomic E-state index is 14.7. The van der Waals surface area contributed by atoms with Gasteiger partial charge in [-0.3, -0.25) is 19.3 Å². The van der Waals surface area contributed by atoms with Crippen molar-refractivity contribution >= 4 is 46.6 Å². The van der Waals surface area contributed by atoms with Crippen LogP contribution < -0.4 is 10.1 Å². The predicted molar refractivity (Wildman–Crippen MR) is 185 cm³/mol.